The molecule has 0 bridgehead atoms. The summed E-state index contributed by atoms with van der Waals surface area (Å²) in [6, 6.07) is 10.6. The predicted molar refractivity (Wildman–Crippen MR) is 73.1 cm³/mol. The van der Waals surface area contributed by atoms with E-state index in [2.05, 4.69) is 5.32 Å². The van der Waals surface area contributed by atoms with Gasteiger partial charge in [-0.25, -0.2) is 8.78 Å². The van der Waals surface area contributed by atoms with E-state index in [0.29, 0.717) is 22.7 Å². The van der Waals surface area contributed by atoms with Crippen molar-refractivity contribution in [3.05, 3.63) is 70.2 Å². The first kappa shape index (κ1) is 14.0. The lowest BCUT2D eigenvalue weighted by molar-refractivity contribution is 0.526. The van der Waals surface area contributed by atoms with Crippen LogP contribution in [0.5, 0.6) is 0 Å². The molecule has 1 nitrogen and oxygen atoms in total. The largest absolute Gasteiger partial charge is 0.306 e. The standard InChI is InChI=1S/C15H14ClF2N/c1-10(13-4-2-3-5-15(13)18)19-9-11-8-12(17)6-7-14(11)16/h2-8,10,19H,9H2,1H3/t10-/m1/s1. The molecule has 0 aliphatic rings. The van der Waals surface area contributed by atoms with Gasteiger partial charge < -0.3 is 5.32 Å². The third-order valence-corrected chi connectivity index (χ3v) is 3.35. The molecule has 19 heavy (non-hydrogen) atoms. The van der Waals surface area contributed by atoms with Crippen molar-refractivity contribution in [2.45, 2.75) is 19.5 Å². The summed E-state index contributed by atoms with van der Waals surface area (Å²) in [4.78, 5) is 0. The minimum Gasteiger partial charge on any atom is -0.306 e. The van der Waals surface area contributed by atoms with Crippen molar-refractivity contribution in [1.29, 1.82) is 0 Å². The fourth-order valence-corrected chi connectivity index (χ4v) is 2.06. The number of hydrogen-bond donors (Lipinski definition) is 1. The fourth-order valence-electron chi connectivity index (χ4n) is 1.88. The van der Waals surface area contributed by atoms with Crippen molar-refractivity contribution in [2.24, 2.45) is 0 Å². The molecule has 0 amide bonds. The summed E-state index contributed by atoms with van der Waals surface area (Å²) in [7, 11) is 0. The number of halogens is 3. The summed E-state index contributed by atoms with van der Waals surface area (Å²) in [6.07, 6.45) is 0. The van der Waals surface area contributed by atoms with Crippen LogP contribution in [0.1, 0.15) is 24.1 Å². The maximum atomic E-state index is 13.6. The van der Waals surface area contributed by atoms with Crippen LogP contribution in [0.2, 0.25) is 5.02 Å². The quantitative estimate of drug-likeness (QED) is 0.872. The van der Waals surface area contributed by atoms with Crippen molar-refractivity contribution in [3.63, 3.8) is 0 Å². The number of benzene rings is 2. The maximum Gasteiger partial charge on any atom is 0.127 e. The average Bonchev–Trinajstić information content (AvgIpc) is 2.40. The Morgan fingerprint density at radius 2 is 1.89 bits per heavy atom. The van der Waals surface area contributed by atoms with Crippen molar-refractivity contribution < 1.29 is 8.78 Å². The van der Waals surface area contributed by atoms with Gasteiger partial charge in [-0.05, 0) is 36.8 Å². The molecule has 100 valence electrons. The molecular formula is C15H14ClF2N. The van der Waals surface area contributed by atoms with Crippen LogP contribution >= 0.6 is 11.6 Å². The van der Waals surface area contributed by atoms with Gasteiger partial charge in [0.05, 0.1) is 0 Å². The molecular weight excluding hydrogens is 268 g/mol. The first-order valence-corrected chi connectivity index (χ1v) is 6.37. The van der Waals surface area contributed by atoms with Gasteiger partial charge in [0.15, 0.2) is 0 Å². The second-order valence-corrected chi connectivity index (χ2v) is 4.77. The van der Waals surface area contributed by atoms with Crippen LogP contribution < -0.4 is 5.32 Å². The Hall–Kier alpha value is -1.45. The van der Waals surface area contributed by atoms with E-state index in [-0.39, 0.29) is 17.7 Å². The van der Waals surface area contributed by atoms with E-state index in [1.165, 1.54) is 24.3 Å². The van der Waals surface area contributed by atoms with E-state index in [1.807, 2.05) is 6.92 Å². The Morgan fingerprint density at radius 3 is 2.63 bits per heavy atom. The molecule has 0 radical (unpaired) electrons. The van der Waals surface area contributed by atoms with Crippen LogP contribution in [0.4, 0.5) is 8.78 Å². The Kier molecular flexibility index (Phi) is 4.51. The van der Waals surface area contributed by atoms with Gasteiger partial charge in [0.2, 0.25) is 0 Å². The Bertz CT molecular complexity index is 572. The summed E-state index contributed by atoms with van der Waals surface area (Å²) in [5.41, 5.74) is 1.24. The van der Waals surface area contributed by atoms with E-state index in [9.17, 15) is 8.78 Å². The molecule has 2 aromatic rings. The lowest BCUT2D eigenvalue weighted by Gasteiger charge is -2.15. The average molecular weight is 282 g/mol. The highest BCUT2D eigenvalue weighted by Crippen LogP contribution is 2.20. The monoisotopic (exact) mass is 281 g/mol. The molecule has 1 N–H and O–H groups in total. The Morgan fingerprint density at radius 1 is 1.16 bits per heavy atom. The minimum absolute atomic E-state index is 0.180. The third-order valence-electron chi connectivity index (χ3n) is 2.98. The fraction of sp³-hybridized carbons (Fsp3) is 0.200. The van der Waals surface area contributed by atoms with Crippen LogP contribution in [-0.2, 0) is 6.54 Å². The highest BCUT2D eigenvalue weighted by molar-refractivity contribution is 6.31. The first-order chi connectivity index (χ1) is 9.08. The van der Waals surface area contributed by atoms with Gasteiger partial charge in [-0.1, -0.05) is 29.8 Å². The van der Waals surface area contributed by atoms with E-state index in [0.717, 1.165) is 0 Å². The Labute approximate surface area is 116 Å². The van der Waals surface area contributed by atoms with Gasteiger partial charge in [0.1, 0.15) is 11.6 Å². The molecule has 0 aromatic heterocycles. The predicted octanol–water partition coefficient (Wildman–Crippen LogP) is 4.47. The van der Waals surface area contributed by atoms with E-state index in [4.69, 9.17) is 11.6 Å². The van der Waals surface area contributed by atoms with Gasteiger partial charge in [-0.3, -0.25) is 0 Å². The zero-order chi connectivity index (χ0) is 13.8. The highest BCUT2D eigenvalue weighted by Gasteiger charge is 2.10. The van der Waals surface area contributed by atoms with Crippen LogP contribution in [0.3, 0.4) is 0 Å². The molecule has 0 heterocycles. The molecule has 0 aliphatic heterocycles. The topological polar surface area (TPSA) is 12.0 Å². The van der Waals surface area contributed by atoms with Gasteiger partial charge >= 0.3 is 0 Å². The van der Waals surface area contributed by atoms with Crippen molar-refractivity contribution in [2.75, 3.05) is 0 Å². The molecule has 2 rings (SSSR count). The molecule has 0 saturated carbocycles. The molecule has 0 spiro atoms. The SMILES string of the molecule is C[C@@H](NCc1cc(F)ccc1Cl)c1ccccc1F. The maximum absolute atomic E-state index is 13.6. The Balaban J connectivity index is 2.06. The zero-order valence-corrected chi connectivity index (χ0v) is 11.2. The molecule has 0 aliphatic carbocycles. The smallest absolute Gasteiger partial charge is 0.127 e. The summed E-state index contributed by atoms with van der Waals surface area (Å²) in [5, 5.41) is 3.63. The lowest BCUT2D eigenvalue weighted by atomic mass is 10.1. The summed E-state index contributed by atoms with van der Waals surface area (Å²) < 4.78 is 26.7. The van der Waals surface area contributed by atoms with E-state index >= 15 is 0 Å². The number of rotatable bonds is 4. The summed E-state index contributed by atoms with van der Waals surface area (Å²) in [5.74, 6) is -0.590. The molecule has 0 saturated heterocycles. The lowest BCUT2D eigenvalue weighted by Crippen LogP contribution is -2.19. The second-order valence-electron chi connectivity index (χ2n) is 4.36. The van der Waals surface area contributed by atoms with Gasteiger partial charge in [-0.2, -0.15) is 0 Å². The minimum atomic E-state index is -0.334. The van der Waals surface area contributed by atoms with Crippen LogP contribution in [-0.4, -0.2) is 0 Å². The molecule has 4 heteroatoms. The van der Waals surface area contributed by atoms with Crippen LogP contribution in [0, 0.1) is 11.6 Å². The van der Waals surface area contributed by atoms with Crippen LogP contribution in [0.15, 0.2) is 42.5 Å². The molecule has 1 atom stereocenters. The second kappa shape index (κ2) is 6.13. The highest BCUT2D eigenvalue weighted by atomic mass is 35.5. The first-order valence-electron chi connectivity index (χ1n) is 5.99. The summed E-state index contributed by atoms with van der Waals surface area (Å²) in [6.45, 7) is 2.23. The molecule has 0 fully saturated rings. The van der Waals surface area contributed by atoms with Crippen LogP contribution in [0.25, 0.3) is 0 Å². The normalized spacial score (nSPS) is 12.4. The number of nitrogens with one attached hydrogen (secondary N) is 1. The molecule has 2 aromatic carbocycles. The van der Waals surface area contributed by atoms with Crippen molar-refractivity contribution in [1.82, 2.24) is 5.32 Å². The molecule has 0 unspecified atom stereocenters. The zero-order valence-electron chi connectivity index (χ0n) is 10.5. The van der Waals surface area contributed by atoms with E-state index < -0.39 is 0 Å². The van der Waals surface area contributed by atoms with Crippen molar-refractivity contribution >= 4 is 11.6 Å². The summed E-state index contributed by atoms with van der Waals surface area (Å²) >= 11 is 5.98. The van der Waals surface area contributed by atoms with Gasteiger partial charge in [-0.15, -0.1) is 0 Å². The van der Waals surface area contributed by atoms with Gasteiger partial charge in [0, 0.05) is 23.2 Å². The van der Waals surface area contributed by atoms with Gasteiger partial charge in [0.25, 0.3) is 0 Å². The van der Waals surface area contributed by atoms with E-state index in [1.54, 1.807) is 18.2 Å². The third kappa shape index (κ3) is 3.52. The number of hydrogen-bond acceptors (Lipinski definition) is 1. The van der Waals surface area contributed by atoms with Crippen molar-refractivity contribution in [3.8, 4) is 0 Å².